The highest BCUT2D eigenvalue weighted by molar-refractivity contribution is 6.04. The second-order valence-electron chi connectivity index (χ2n) is 3.59. The van der Waals surface area contributed by atoms with E-state index in [-0.39, 0.29) is 5.56 Å². The van der Waals surface area contributed by atoms with Crippen LogP contribution in [0.3, 0.4) is 0 Å². The zero-order valence-corrected chi connectivity index (χ0v) is 9.14. The van der Waals surface area contributed by atoms with Crippen LogP contribution in [0.1, 0.15) is 17.3 Å². The van der Waals surface area contributed by atoms with E-state index >= 15 is 0 Å². The van der Waals surface area contributed by atoms with Crippen LogP contribution >= 0.6 is 0 Å². The number of ether oxygens (including phenoxy) is 1. The van der Waals surface area contributed by atoms with Gasteiger partial charge < -0.3 is 9.84 Å². The molecule has 4 nitrogen and oxygen atoms in total. The van der Waals surface area contributed by atoms with Crippen molar-refractivity contribution < 1.29 is 19.4 Å². The van der Waals surface area contributed by atoms with Gasteiger partial charge in [0.05, 0.1) is 5.56 Å². The minimum atomic E-state index is -1.00. The van der Waals surface area contributed by atoms with Crippen molar-refractivity contribution in [1.29, 1.82) is 0 Å². The van der Waals surface area contributed by atoms with E-state index in [1.807, 2.05) is 0 Å². The van der Waals surface area contributed by atoms with Gasteiger partial charge in [0.15, 0.2) is 0 Å². The van der Waals surface area contributed by atoms with Gasteiger partial charge in [-0.2, -0.15) is 0 Å². The number of carbonyl (C=O) groups excluding carboxylic acids is 1. The first-order chi connectivity index (χ1) is 8.08. The van der Waals surface area contributed by atoms with Crippen LogP contribution in [-0.4, -0.2) is 17.0 Å². The Morgan fingerprint density at radius 2 is 1.94 bits per heavy atom. The maximum atomic E-state index is 11.0. The van der Waals surface area contributed by atoms with Crippen LogP contribution in [0.15, 0.2) is 36.4 Å². The smallest absolute Gasteiger partial charge is 0.336 e. The number of rotatable bonds is 2. The Labute approximate surface area is 97.4 Å². The summed E-state index contributed by atoms with van der Waals surface area (Å²) >= 11 is 0. The third-order valence-corrected chi connectivity index (χ3v) is 2.35. The fraction of sp³-hybridized carbons (Fsp3) is 0.0769. The van der Waals surface area contributed by atoms with E-state index in [0.29, 0.717) is 11.1 Å². The van der Waals surface area contributed by atoms with E-state index < -0.39 is 11.9 Å². The summed E-state index contributed by atoms with van der Waals surface area (Å²) in [5.41, 5.74) is 0.191. The average molecular weight is 230 g/mol. The van der Waals surface area contributed by atoms with Gasteiger partial charge >= 0.3 is 11.9 Å². The summed E-state index contributed by atoms with van der Waals surface area (Å²) in [6.07, 6.45) is 0. The molecular formula is C13H10O4. The molecule has 0 amide bonds. The molecule has 0 unspecified atom stereocenters. The van der Waals surface area contributed by atoms with E-state index in [2.05, 4.69) is 0 Å². The Kier molecular flexibility index (Phi) is 2.78. The molecule has 0 heterocycles. The molecule has 0 aliphatic heterocycles. The topological polar surface area (TPSA) is 63.6 Å². The zero-order chi connectivity index (χ0) is 12.4. The molecule has 2 rings (SSSR count). The van der Waals surface area contributed by atoms with Crippen molar-refractivity contribution in [2.75, 3.05) is 0 Å². The largest absolute Gasteiger partial charge is 0.478 e. The average Bonchev–Trinajstić information content (AvgIpc) is 2.27. The monoisotopic (exact) mass is 230 g/mol. The standard InChI is InChI=1S/C13H10O4/c1-8(14)17-10-6-5-9-3-2-4-11(13(15)16)12(9)7-10/h2-7H,1H3,(H,15,16). The van der Waals surface area contributed by atoms with Crippen LogP contribution in [0.2, 0.25) is 0 Å². The maximum absolute atomic E-state index is 11.0. The van der Waals surface area contributed by atoms with Crippen molar-refractivity contribution >= 4 is 22.7 Å². The van der Waals surface area contributed by atoms with Gasteiger partial charge in [-0.15, -0.1) is 0 Å². The molecule has 0 saturated heterocycles. The van der Waals surface area contributed by atoms with Crippen molar-refractivity contribution in [3.63, 3.8) is 0 Å². The van der Waals surface area contributed by atoms with Crippen molar-refractivity contribution in [1.82, 2.24) is 0 Å². The molecule has 0 spiro atoms. The SMILES string of the molecule is CC(=O)Oc1ccc2cccc(C(=O)O)c2c1. The molecule has 86 valence electrons. The maximum Gasteiger partial charge on any atom is 0.336 e. The Morgan fingerprint density at radius 3 is 2.59 bits per heavy atom. The molecule has 0 atom stereocenters. The highest BCUT2D eigenvalue weighted by atomic mass is 16.5. The van der Waals surface area contributed by atoms with Crippen LogP contribution in [0.25, 0.3) is 10.8 Å². The molecule has 2 aromatic carbocycles. The summed E-state index contributed by atoms with van der Waals surface area (Å²) in [4.78, 5) is 21.9. The number of carboxylic acid groups (broad SMARTS) is 1. The molecule has 0 aromatic heterocycles. The highest BCUT2D eigenvalue weighted by Crippen LogP contribution is 2.24. The molecule has 0 bridgehead atoms. The first-order valence-electron chi connectivity index (χ1n) is 5.02. The van der Waals surface area contributed by atoms with Gasteiger partial charge in [0, 0.05) is 6.92 Å². The predicted octanol–water partition coefficient (Wildman–Crippen LogP) is 2.46. The predicted molar refractivity (Wildman–Crippen MR) is 62.2 cm³/mol. The van der Waals surface area contributed by atoms with Gasteiger partial charge in [0.25, 0.3) is 0 Å². The first-order valence-corrected chi connectivity index (χ1v) is 5.02. The molecule has 0 saturated carbocycles. The lowest BCUT2D eigenvalue weighted by atomic mass is 10.0. The number of hydrogen-bond donors (Lipinski definition) is 1. The quantitative estimate of drug-likeness (QED) is 0.635. The zero-order valence-electron chi connectivity index (χ0n) is 9.14. The number of esters is 1. The lowest BCUT2D eigenvalue weighted by Crippen LogP contribution is -2.02. The van der Waals surface area contributed by atoms with Gasteiger partial charge in [-0.05, 0) is 29.0 Å². The molecule has 0 fully saturated rings. The normalized spacial score (nSPS) is 10.2. The van der Waals surface area contributed by atoms with Gasteiger partial charge in [-0.1, -0.05) is 18.2 Å². The minimum Gasteiger partial charge on any atom is -0.478 e. The molecule has 0 aliphatic rings. The number of benzene rings is 2. The molecule has 2 aromatic rings. The molecule has 0 aliphatic carbocycles. The van der Waals surface area contributed by atoms with Crippen molar-refractivity contribution in [3.8, 4) is 5.75 Å². The summed E-state index contributed by atoms with van der Waals surface area (Å²) in [5.74, 6) is -1.09. The summed E-state index contributed by atoms with van der Waals surface area (Å²) in [6, 6.07) is 9.91. The number of carboxylic acids is 1. The third kappa shape index (κ3) is 2.25. The molecule has 1 N–H and O–H groups in total. The van der Waals surface area contributed by atoms with E-state index in [0.717, 1.165) is 5.39 Å². The summed E-state index contributed by atoms with van der Waals surface area (Å²) in [7, 11) is 0. The van der Waals surface area contributed by atoms with Gasteiger partial charge in [0.2, 0.25) is 0 Å². The van der Waals surface area contributed by atoms with Gasteiger partial charge in [-0.25, -0.2) is 4.79 Å². The van der Waals surface area contributed by atoms with Gasteiger partial charge in [-0.3, -0.25) is 4.79 Å². The Bertz CT molecular complexity index is 601. The minimum absolute atomic E-state index is 0.191. The van der Waals surface area contributed by atoms with Crippen LogP contribution in [0, 0.1) is 0 Å². The number of aromatic carboxylic acids is 1. The second-order valence-corrected chi connectivity index (χ2v) is 3.59. The summed E-state index contributed by atoms with van der Waals surface area (Å²) in [6.45, 7) is 1.30. The lowest BCUT2D eigenvalue weighted by Gasteiger charge is -2.05. The molecule has 17 heavy (non-hydrogen) atoms. The highest BCUT2D eigenvalue weighted by Gasteiger charge is 2.09. The second kappa shape index (κ2) is 4.25. The molecule has 4 heteroatoms. The van der Waals surface area contributed by atoms with Crippen LogP contribution in [-0.2, 0) is 4.79 Å². The molecule has 0 radical (unpaired) electrons. The molecular weight excluding hydrogens is 220 g/mol. The van der Waals surface area contributed by atoms with Crippen LogP contribution in [0.5, 0.6) is 5.75 Å². The van der Waals surface area contributed by atoms with E-state index in [9.17, 15) is 9.59 Å². The fourth-order valence-electron chi connectivity index (χ4n) is 1.67. The summed E-state index contributed by atoms with van der Waals surface area (Å²) < 4.78 is 4.93. The van der Waals surface area contributed by atoms with Gasteiger partial charge in [0.1, 0.15) is 5.75 Å². The Morgan fingerprint density at radius 1 is 1.18 bits per heavy atom. The van der Waals surface area contributed by atoms with E-state index in [4.69, 9.17) is 9.84 Å². The number of fused-ring (bicyclic) bond motifs is 1. The van der Waals surface area contributed by atoms with Crippen molar-refractivity contribution in [2.24, 2.45) is 0 Å². The number of hydrogen-bond acceptors (Lipinski definition) is 3. The van der Waals surface area contributed by atoms with Crippen LogP contribution < -0.4 is 4.74 Å². The number of carbonyl (C=O) groups is 2. The summed E-state index contributed by atoms with van der Waals surface area (Å²) in [5, 5.41) is 10.4. The Balaban J connectivity index is 2.61. The van der Waals surface area contributed by atoms with E-state index in [1.165, 1.54) is 13.0 Å². The third-order valence-electron chi connectivity index (χ3n) is 2.35. The first kappa shape index (κ1) is 11.1. The Hall–Kier alpha value is -2.36. The van der Waals surface area contributed by atoms with Crippen LogP contribution in [0.4, 0.5) is 0 Å². The fourth-order valence-corrected chi connectivity index (χ4v) is 1.67. The van der Waals surface area contributed by atoms with Crippen molar-refractivity contribution in [2.45, 2.75) is 6.92 Å². The lowest BCUT2D eigenvalue weighted by molar-refractivity contribution is -0.131. The van der Waals surface area contributed by atoms with E-state index in [1.54, 1.807) is 30.3 Å². The van der Waals surface area contributed by atoms with Crippen molar-refractivity contribution in [3.05, 3.63) is 42.0 Å².